The highest BCUT2D eigenvalue weighted by Gasteiger charge is 2.24. The van der Waals surface area contributed by atoms with Crippen LogP contribution >= 0.6 is 0 Å². The molecule has 1 fully saturated rings. The summed E-state index contributed by atoms with van der Waals surface area (Å²) >= 11 is 0. The first-order valence-corrected chi connectivity index (χ1v) is 7.44. The van der Waals surface area contributed by atoms with Gasteiger partial charge < -0.3 is 5.73 Å². The number of anilines is 1. The summed E-state index contributed by atoms with van der Waals surface area (Å²) < 4.78 is 0. The molecule has 1 heterocycles. The molecule has 2 heteroatoms. The maximum Gasteiger partial charge on any atom is 0.0317 e. The van der Waals surface area contributed by atoms with Crippen molar-refractivity contribution in [1.82, 2.24) is 4.90 Å². The fourth-order valence-electron chi connectivity index (χ4n) is 3.53. The third-order valence-electron chi connectivity index (χ3n) is 4.61. The van der Waals surface area contributed by atoms with Crippen LogP contribution in [0.15, 0.2) is 18.2 Å². The number of hydrogen-bond donors (Lipinski definition) is 1. The summed E-state index contributed by atoms with van der Waals surface area (Å²) in [6, 6.07) is 7.26. The van der Waals surface area contributed by atoms with Crippen LogP contribution in [0, 0.1) is 0 Å². The van der Waals surface area contributed by atoms with E-state index >= 15 is 0 Å². The van der Waals surface area contributed by atoms with Crippen molar-refractivity contribution in [2.45, 2.75) is 57.5 Å². The Bertz CT molecular complexity index is 406. The maximum atomic E-state index is 5.91. The lowest BCUT2D eigenvalue weighted by Gasteiger charge is -2.35. The van der Waals surface area contributed by atoms with Gasteiger partial charge in [-0.25, -0.2) is 0 Å². The lowest BCUT2D eigenvalue weighted by molar-refractivity contribution is 0.162. The van der Waals surface area contributed by atoms with E-state index in [4.69, 9.17) is 5.73 Å². The van der Waals surface area contributed by atoms with Crippen molar-refractivity contribution >= 4 is 5.69 Å². The van der Waals surface area contributed by atoms with Crippen LogP contribution in [-0.2, 0) is 13.0 Å². The molecule has 0 spiro atoms. The molecule has 1 aromatic rings. The van der Waals surface area contributed by atoms with Gasteiger partial charge in [0.15, 0.2) is 0 Å². The third-order valence-corrected chi connectivity index (χ3v) is 4.61. The molecule has 1 aliphatic heterocycles. The number of nitrogens with two attached hydrogens (primary N) is 1. The zero-order chi connectivity index (χ0) is 12.4. The van der Waals surface area contributed by atoms with E-state index in [0.29, 0.717) is 0 Å². The molecule has 1 saturated carbocycles. The fraction of sp³-hybridized carbons (Fsp3) is 0.625. The SMILES string of the molecule is Nc1ccc2c(c1)CN(C1CCCCCC1)CC2. The summed E-state index contributed by atoms with van der Waals surface area (Å²) in [7, 11) is 0. The van der Waals surface area contributed by atoms with Gasteiger partial charge in [-0.2, -0.15) is 0 Å². The van der Waals surface area contributed by atoms with Crippen LogP contribution in [0.4, 0.5) is 5.69 Å². The van der Waals surface area contributed by atoms with Crippen molar-refractivity contribution in [3.63, 3.8) is 0 Å². The van der Waals surface area contributed by atoms with Gasteiger partial charge in [0, 0.05) is 24.8 Å². The highest BCUT2D eigenvalue weighted by molar-refractivity contribution is 5.45. The zero-order valence-electron chi connectivity index (χ0n) is 11.2. The largest absolute Gasteiger partial charge is 0.399 e. The first-order chi connectivity index (χ1) is 8.83. The Labute approximate surface area is 110 Å². The Kier molecular flexibility index (Phi) is 3.55. The topological polar surface area (TPSA) is 29.3 Å². The molecule has 18 heavy (non-hydrogen) atoms. The van der Waals surface area contributed by atoms with Gasteiger partial charge >= 0.3 is 0 Å². The summed E-state index contributed by atoms with van der Waals surface area (Å²) in [6.07, 6.45) is 9.72. The third kappa shape index (κ3) is 2.54. The van der Waals surface area contributed by atoms with Crippen molar-refractivity contribution in [1.29, 1.82) is 0 Å². The van der Waals surface area contributed by atoms with E-state index < -0.39 is 0 Å². The molecule has 3 rings (SSSR count). The molecule has 0 unspecified atom stereocenters. The second kappa shape index (κ2) is 5.31. The number of hydrogen-bond acceptors (Lipinski definition) is 2. The quantitative estimate of drug-likeness (QED) is 0.606. The van der Waals surface area contributed by atoms with Crippen molar-refractivity contribution < 1.29 is 0 Å². The van der Waals surface area contributed by atoms with E-state index in [1.807, 2.05) is 6.07 Å². The Morgan fingerprint density at radius 3 is 2.56 bits per heavy atom. The van der Waals surface area contributed by atoms with E-state index in [-0.39, 0.29) is 0 Å². The molecular weight excluding hydrogens is 220 g/mol. The minimum atomic E-state index is 0.821. The van der Waals surface area contributed by atoms with Crippen molar-refractivity contribution in [3.8, 4) is 0 Å². The van der Waals surface area contributed by atoms with Crippen molar-refractivity contribution in [2.75, 3.05) is 12.3 Å². The van der Waals surface area contributed by atoms with Gasteiger partial charge in [-0.3, -0.25) is 4.90 Å². The standard InChI is InChI=1S/C16H24N2/c17-15-8-7-13-9-10-18(12-14(13)11-15)16-5-3-1-2-4-6-16/h7-8,11,16H,1-6,9-10,12,17H2. The number of benzene rings is 1. The first kappa shape index (κ1) is 12.0. The van der Waals surface area contributed by atoms with Gasteiger partial charge in [0.1, 0.15) is 0 Å². The molecule has 1 aromatic carbocycles. The molecule has 0 radical (unpaired) electrons. The molecule has 2 aliphatic rings. The predicted molar refractivity (Wildman–Crippen MR) is 76.5 cm³/mol. The van der Waals surface area contributed by atoms with Crippen LogP contribution in [0.2, 0.25) is 0 Å². The summed E-state index contributed by atoms with van der Waals surface area (Å²) in [5, 5.41) is 0. The van der Waals surface area contributed by atoms with Gasteiger partial charge in [0.05, 0.1) is 0 Å². The highest BCUT2D eigenvalue weighted by atomic mass is 15.2. The minimum Gasteiger partial charge on any atom is -0.399 e. The molecule has 0 amide bonds. The molecule has 0 bridgehead atoms. The number of rotatable bonds is 1. The summed E-state index contributed by atoms with van der Waals surface area (Å²) in [4.78, 5) is 2.70. The lowest BCUT2D eigenvalue weighted by atomic mass is 9.96. The predicted octanol–water partition coefficient (Wildman–Crippen LogP) is 3.35. The Morgan fingerprint density at radius 2 is 1.78 bits per heavy atom. The molecule has 98 valence electrons. The lowest BCUT2D eigenvalue weighted by Crippen LogP contribution is -2.39. The summed E-state index contributed by atoms with van der Waals surface area (Å²) in [6.45, 7) is 2.35. The number of fused-ring (bicyclic) bond motifs is 1. The van der Waals surface area contributed by atoms with Gasteiger partial charge in [0.25, 0.3) is 0 Å². The average Bonchev–Trinajstić information content (AvgIpc) is 2.66. The van der Waals surface area contributed by atoms with Gasteiger partial charge in [-0.05, 0) is 42.5 Å². The first-order valence-electron chi connectivity index (χ1n) is 7.44. The van der Waals surface area contributed by atoms with E-state index in [2.05, 4.69) is 17.0 Å². The molecule has 2 N–H and O–H groups in total. The highest BCUT2D eigenvalue weighted by Crippen LogP contribution is 2.28. The van der Waals surface area contributed by atoms with Crippen LogP contribution in [0.3, 0.4) is 0 Å². The Hall–Kier alpha value is -1.02. The van der Waals surface area contributed by atoms with Gasteiger partial charge in [-0.1, -0.05) is 31.7 Å². The molecule has 1 aliphatic carbocycles. The van der Waals surface area contributed by atoms with Crippen molar-refractivity contribution in [2.24, 2.45) is 0 Å². The summed E-state index contributed by atoms with van der Waals surface area (Å²) in [5.41, 5.74) is 9.80. The Morgan fingerprint density at radius 1 is 1.00 bits per heavy atom. The minimum absolute atomic E-state index is 0.821. The van der Waals surface area contributed by atoms with Gasteiger partial charge in [-0.15, -0.1) is 0 Å². The van der Waals surface area contributed by atoms with Crippen LogP contribution in [0.25, 0.3) is 0 Å². The molecule has 0 atom stereocenters. The van der Waals surface area contributed by atoms with Crippen molar-refractivity contribution in [3.05, 3.63) is 29.3 Å². The second-order valence-electron chi connectivity index (χ2n) is 5.89. The number of nitrogen functional groups attached to an aromatic ring is 1. The molecule has 0 saturated heterocycles. The van der Waals surface area contributed by atoms with E-state index in [0.717, 1.165) is 18.3 Å². The summed E-state index contributed by atoms with van der Waals surface area (Å²) in [5.74, 6) is 0. The van der Waals surface area contributed by atoms with Crippen LogP contribution < -0.4 is 5.73 Å². The maximum absolute atomic E-state index is 5.91. The van der Waals surface area contributed by atoms with E-state index in [1.165, 1.54) is 62.6 Å². The normalized spacial score (nSPS) is 22.4. The monoisotopic (exact) mass is 244 g/mol. The van der Waals surface area contributed by atoms with E-state index in [1.54, 1.807) is 0 Å². The molecule has 0 aromatic heterocycles. The second-order valence-corrected chi connectivity index (χ2v) is 5.89. The smallest absolute Gasteiger partial charge is 0.0317 e. The average molecular weight is 244 g/mol. The number of nitrogens with zero attached hydrogens (tertiary/aromatic N) is 1. The van der Waals surface area contributed by atoms with Gasteiger partial charge in [0.2, 0.25) is 0 Å². The van der Waals surface area contributed by atoms with Crippen LogP contribution in [0.1, 0.15) is 49.7 Å². The van der Waals surface area contributed by atoms with Crippen LogP contribution in [-0.4, -0.2) is 17.5 Å². The molecular formula is C16H24N2. The van der Waals surface area contributed by atoms with E-state index in [9.17, 15) is 0 Å². The molecule has 2 nitrogen and oxygen atoms in total. The zero-order valence-corrected chi connectivity index (χ0v) is 11.2. The Balaban J connectivity index is 1.73. The van der Waals surface area contributed by atoms with Crippen LogP contribution in [0.5, 0.6) is 0 Å². The fourth-order valence-corrected chi connectivity index (χ4v) is 3.53.